The van der Waals surface area contributed by atoms with Crippen LogP contribution in [-0.2, 0) is 9.47 Å². The molecule has 1 aliphatic heterocycles. The summed E-state index contributed by atoms with van der Waals surface area (Å²) in [5.74, 6) is 1.89. The van der Waals surface area contributed by atoms with Crippen molar-refractivity contribution in [3.8, 4) is 0 Å². The molecule has 0 bridgehead atoms. The van der Waals surface area contributed by atoms with Gasteiger partial charge in [-0.2, -0.15) is 0 Å². The van der Waals surface area contributed by atoms with Gasteiger partial charge in [0.2, 0.25) is 0 Å². The van der Waals surface area contributed by atoms with Gasteiger partial charge in [-0.3, -0.25) is 4.99 Å². The van der Waals surface area contributed by atoms with Crippen LogP contribution in [0.15, 0.2) is 4.99 Å². The number of nitrogens with one attached hydrogen (secondary N) is 2. The lowest BCUT2D eigenvalue weighted by atomic mass is 10.0. The summed E-state index contributed by atoms with van der Waals surface area (Å²) in [5.41, 5.74) is 0. The predicted octanol–water partition coefficient (Wildman–Crippen LogP) is 2.70. The maximum Gasteiger partial charge on any atom is 0.407 e. The summed E-state index contributed by atoms with van der Waals surface area (Å²) in [6.45, 7) is 12.5. The van der Waals surface area contributed by atoms with Gasteiger partial charge in [-0.15, -0.1) is 24.0 Å². The van der Waals surface area contributed by atoms with Crippen LogP contribution in [0.1, 0.15) is 40.5 Å². The normalized spacial score (nSPS) is 18.2. The van der Waals surface area contributed by atoms with Crippen molar-refractivity contribution in [1.82, 2.24) is 15.5 Å². The molecule has 1 fully saturated rings. The van der Waals surface area contributed by atoms with E-state index in [0.717, 1.165) is 45.1 Å². The fraction of sp³-hybridized carbons (Fsp3) is 0.889. The summed E-state index contributed by atoms with van der Waals surface area (Å²) in [5, 5.41) is 6.26. The zero-order valence-corrected chi connectivity index (χ0v) is 19.2. The van der Waals surface area contributed by atoms with Gasteiger partial charge in [-0.25, -0.2) is 4.79 Å². The average molecular weight is 484 g/mol. The number of ether oxygens (including phenoxy) is 2. The Morgan fingerprint density at radius 2 is 2.12 bits per heavy atom. The lowest BCUT2D eigenvalue weighted by molar-refractivity contribution is 0.147. The van der Waals surface area contributed by atoms with Crippen molar-refractivity contribution < 1.29 is 14.3 Å². The molecule has 26 heavy (non-hydrogen) atoms. The Morgan fingerprint density at radius 3 is 2.65 bits per heavy atom. The number of guanidine groups is 1. The summed E-state index contributed by atoms with van der Waals surface area (Å²) >= 11 is 0. The highest BCUT2D eigenvalue weighted by Crippen LogP contribution is 2.13. The van der Waals surface area contributed by atoms with E-state index in [2.05, 4.69) is 43.4 Å². The average Bonchev–Trinajstić information content (AvgIpc) is 3.03. The molecule has 2 unspecified atom stereocenters. The van der Waals surface area contributed by atoms with E-state index in [1.165, 1.54) is 0 Å². The van der Waals surface area contributed by atoms with Crippen molar-refractivity contribution in [3.63, 3.8) is 0 Å². The van der Waals surface area contributed by atoms with Crippen LogP contribution in [0.5, 0.6) is 0 Å². The van der Waals surface area contributed by atoms with E-state index in [4.69, 9.17) is 14.5 Å². The van der Waals surface area contributed by atoms with E-state index in [0.29, 0.717) is 25.0 Å². The molecule has 2 N–H and O–H groups in total. The fourth-order valence-electron chi connectivity index (χ4n) is 2.96. The standard InChI is InChI=1S/C18H36N4O3.HI/c1-6-19-17(22(5)12-15-8-9-24-13-15)20-11-16(10-14(3)4)21-18(23)25-7-2;/h14-16H,6-13H2,1-5H3,(H,19,20)(H,21,23);1H. The zero-order valence-electron chi connectivity index (χ0n) is 16.9. The Balaban J connectivity index is 0.00000625. The van der Waals surface area contributed by atoms with Crippen molar-refractivity contribution in [2.45, 2.75) is 46.6 Å². The molecular formula is C18H37IN4O3. The van der Waals surface area contributed by atoms with Gasteiger partial charge in [0.05, 0.1) is 25.8 Å². The van der Waals surface area contributed by atoms with E-state index in [1.54, 1.807) is 6.92 Å². The van der Waals surface area contributed by atoms with Gasteiger partial charge in [0, 0.05) is 32.7 Å². The topological polar surface area (TPSA) is 75.2 Å². The van der Waals surface area contributed by atoms with Crippen molar-refractivity contribution >= 4 is 36.0 Å². The summed E-state index contributed by atoms with van der Waals surface area (Å²) in [6.07, 6.45) is 1.59. The van der Waals surface area contributed by atoms with Gasteiger partial charge in [0.25, 0.3) is 0 Å². The highest BCUT2D eigenvalue weighted by atomic mass is 127. The number of carbonyl (C=O) groups excluding carboxylic acids is 1. The Kier molecular flexibility index (Phi) is 13.9. The molecule has 1 saturated heterocycles. The van der Waals surface area contributed by atoms with Crippen LogP contribution in [0.25, 0.3) is 0 Å². The lowest BCUT2D eigenvalue weighted by Gasteiger charge is -2.25. The van der Waals surface area contributed by atoms with Crippen molar-refractivity contribution in [2.75, 3.05) is 46.5 Å². The monoisotopic (exact) mass is 484 g/mol. The molecule has 1 rings (SSSR count). The number of rotatable bonds is 9. The highest BCUT2D eigenvalue weighted by Gasteiger charge is 2.20. The fourth-order valence-corrected chi connectivity index (χ4v) is 2.96. The summed E-state index contributed by atoms with van der Waals surface area (Å²) in [4.78, 5) is 18.6. The predicted molar refractivity (Wildman–Crippen MR) is 116 cm³/mol. The molecule has 0 aromatic rings. The lowest BCUT2D eigenvalue weighted by Crippen LogP contribution is -2.43. The molecule has 0 saturated carbocycles. The van der Waals surface area contributed by atoms with Gasteiger partial charge in [0.1, 0.15) is 0 Å². The third-order valence-electron chi connectivity index (χ3n) is 4.07. The highest BCUT2D eigenvalue weighted by molar-refractivity contribution is 14.0. The number of alkyl carbamates (subject to hydrolysis) is 1. The molecule has 1 heterocycles. The first kappa shape index (κ1) is 25.2. The summed E-state index contributed by atoms with van der Waals surface area (Å²) in [6, 6.07) is -0.0316. The minimum absolute atomic E-state index is 0. The minimum Gasteiger partial charge on any atom is -0.450 e. The Bertz CT molecular complexity index is 415. The third kappa shape index (κ3) is 10.4. The van der Waals surface area contributed by atoms with Gasteiger partial charge < -0.3 is 25.0 Å². The summed E-state index contributed by atoms with van der Waals surface area (Å²) < 4.78 is 10.5. The zero-order chi connectivity index (χ0) is 18.7. The second-order valence-electron chi connectivity index (χ2n) is 7.00. The van der Waals surface area contributed by atoms with E-state index in [9.17, 15) is 4.79 Å². The number of hydrogen-bond acceptors (Lipinski definition) is 4. The largest absolute Gasteiger partial charge is 0.450 e. The van der Waals surface area contributed by atoms with E-state index in [-0.39, 0.29) is 36.1 Å². The molecule has 1 amide bonds. The maximum absolute atomic E-state index is 11.7. The first-order valence-electron chi connectivity index (χ1n) is 9.46. The van der Waals surface area contributed by atoms with Gasteiger partial charge >= 0.3 is 6.09 Å². The van der Waals surface area contributed by atoms with E-state index in [1.807, 2.05) is 0 Å². The number of aliphatic imine (C=N–C) groups is 1. The third-order valence-corrected chi connectivity index (χ3v) is 4.07. The molecule has 0 aromatic heterocycles. The molecule has 154 valence electrons. The van der Waals surface area contributed by atoms with Gasteiger partial charge in [-0.05, 0) is 32.6 Å². The van der Waals surface area contributed by atoms with Gasteiger partial charge in [0.15, 0.2) is 5.96 Å². The SMILES string of the molecule is CCNC(=NCC(CC(C)C)NC(=O)OCC)N(C)CC1CCOC1.I. The van der Waals surface area contributed by atoms with Crippen LogP contribution in [0, 0.1) is 11.8 Å². The number of halogens is 1. The molecule has 0 aromatic carbocycles. The van der Waals surface area contributed by atoms with Crippen molar-refractivity contribution in [2.24, 2.45) is 16.8 Å². The molecule has 2 atom stereocenters. The second kappa shape index (κ2) is 14.3. The number of hydrogen-bond donors (Lipinski definition) is 2. The Hall–Kier alpha value is -0.770. The summed E-state index contributed by atoms with van der Waals surface area (Å²) in [7, 11) is 2.05. The molecule has 1 aliphatic rings. The van der Waals surface area contributed by atoms with Crippen molar-refractivity contribution in [3.05, 3.63) is 0 Å². The molecule has 0 aliphatic carbocycles. The second-order valence-corrected chi connectivity index (χ2v) is 7.00. The smallest absolute Gasteiger partial charge is 0.407 e. The van der Waals surface area contributed by atoms with Gasteiger partial charge in [-0.1, -0.05) is 13.8 Å². The Morgan fingerprint density at radius 1 is 1.38 bits per heavy atom. The van der Waals surface area contributed by atoms with E-state index >= 15 is 0 Å². The quantitative estimate of drug-likeness (QED) is 0.299. The number of amides is 1. The Labute approximate surface area is 175 Å². The van der Waals surface area contributed by atoms with Crippen LogP contribution in [0.3, 0.4) is 0 Å². The molecule has 0 spiro atoms. The minimum atomic E-state index is -0.371. The molecular weight excluding hydrogens is 447 g/mol. The first-order valence-corrected chi connectivity index (χ1v) is 9.46. The van der Waals surface area contributed by atoms with Crippen LogP contribution in [-0.4, -0.2) is 69.5 Å². The number of carbonyl (C=O) groups is 1. The molecule has 7 nitrogen and oxygen atoms in total. The maximum atomic E-state index is 11.7. The van der Waals surface area contributed by atoms with E-state index < -0.39 is 0 Å². The first-order chi connectivity index (χ1) is 12.0. The molecule has 0 radical (unpaired) electrons. The van der Waals surface area contributed by atoms with Crippen molar-refractivity contribution in [1.29, 1.82) is 0 Å². The van der Waals surface area contributed by atoms with Crippen LogP contribution in [0.4, 0.5) is 4.79 Å². The van der Waals surface area contributed by atoms with Crippen LogP contribution < -0.4 is 10.6 Å². The van der Waals surface area contributed by atoms with Crippen LogP contribution in [0.2, 0.25) is 0 Å². The van der Waals surface area contributed by atoms with Crippen LogP contribution >= 0.6 is 24.0 Å². The molecule has 8 heteroatoms. The number of nitrogens with zero attached hydrogens (tertiary/aromatic N) is 2.